The van der Waals surface area contributed by atoms with Crippen molar-refractivity contribution in [2.75, 3.05) is 6.61 Å². The monoisotopic (exact) mass is 588 g/mol. The largest absolute Gasteiger partial charge is 0.491 e. The molecule has 2 aromatic rings. The standard InChI is InChI=1S/C30H37ClN2O8/c31-23-6-5-7-25(16-23)40-20-24(34)14-15-27-26(28(35)17-29(27)36)8-3-1-2-4-9-30(37)32-18-21-10-12-22(13-11-21)19-41-33(38)39/h1,3,5-7,10-16,24,26-29,34-36H,2,4,8-9,17-20H2,(H,32,37)/b3-1-,15-14+/t24-,26-,27-,28+,29-/m1/s1. The van der Waals surface area contributed by atoms with Crippen LogP contribution in [0.2, 0.25) is 5.02 Å². The van der Waals surface area contributed by atoms with E-state index in [-0.39, 0.29) is 37.4 Å². The highest BCUT2D eigenvalue weighted by atomic mass is 35.5. The lowest BCUT2D eigenvalue weighted by atomic mass is 9.89. The maximum atomic E-state index is 12.2. The van der Waals surface area contributed by atoms with Crippen molar-refractivity contribution in [3.8, 4) is 5.75 Å². The van der Waals surface area contributed by atoms with Crippen molar-refractivity contribution in [1.29, 1.82) is 0 Å². The average molecular weight is 589 g/mol. The van der Waals surface area contributed by atoms with Crippen LogP contribution in [-0.4, -0.2) is 51.2 Å². The number of unbranched alkanes of at least 4 members (excludes halogenated alkanes) is 1. The normalized spacial score (nSPS) is 21.3. The van der Waals surface area contributed by atoms with E-state index in [4.69, 9.17) is 16.3 Å². The first-order valence-electron chi connectivity index (χ1n) is 13.6. The van der Waals surface area contributed by atoms with Crippen molar-refractivity contribution < 1.29 is 34.8 Å². The quantitative estimate of drug-likeness (QED) is 0.0988. The van der Waals surface area contributed by atoms with Crippen LogP contribution in [0.4, 0.5) is 0 Å². The van der Waals surface area contributed by atoms with E-state index in [1.165, 1.54) is 0 Å². The SMILES string of the molecule is O=C(CCC/C=C\C[C@@H]1[C@@H](/C=C/[C@@H](O)COc2cccc(Cl)c2)[C@H](O)C[C@@H]1O)NCc1ccc(CO[N+](=O)[O-])cc1. The second-order valence-electron chi connectivity index (χ2n) is 10.0. The Bertz CT molecular complexity index is 1170. The number of nitrogens with zero attached hydrogens (tertiary/aromatic N) is 1. The van der Waals surface area contributed by atoms with Gasteiger partial charge in [-0.15, -0.1) is 10.1 Å². The molecule has 2 aromatic carbocycles. The number of hydrogen-bond donors (Lipinski definition) is 4. The molecule has 3 rings (SSSR count). The number of rotatable bonds is 16. The summed E-state index contributed by atoms with van der Waals surface area (Å²) in [5, 5.41) is 44.0. The molecule has 0 saturated heterocycles. The number of carbonyl (C=O) groups excluding carboxylic acids is 1. The molecule has 0 bridgehead atoms. The minimum atomic E-state index is -0.879. The molecule has 5 atom stereocenters. The number of halogens is 1. The Hall–Kier alpha value is -3.44. The Labute approximate surface area is 244 Å². The van der Waals surface area contributed by atoms with Gasteiger partial charge in [-0.25, -0.2) is 0 Å². The van der Waals surface area contributed by atoms with E-state index in [1.807, 2.05) is 12.2 Å². The average Bonchev–Trinajstić information content (AvgIpc) is 3.22. The van der Waals surface area contributed by atoms with Gasteiger partial charge >= 0.3 is 0 Å². The van der Waals surface area contributed by atoms with E-state index in [2.05, 4.69) is 10.2 Å². The van der Waals surface area contributed by atoms with Crippen LogP contribution < -0.4 is 10.1 Å². The number of carbonyl (C=O) groups is 1. The molecule has 1 saturated carbocycles. The predicted molar refractivity (Wildman–Crippen MR) is 153 cm³/mol. The van der Waals surface area contributed by atoms with Gasteiger partial charge in [-0.05, 0) is 54.5 Å². The molecule has 0 unspecified atom stereocenters. The van der Waals surface area contributed by atoms with E-state index in [1.54, 1.807) is 60.7 Å². The molecule has 0 aromatic heterocycles. The lowest BCUT2D eigenvalue weighted by molar-refractivity contribution is -0.763. The fourth-order valence-corrected chi connectivity index (χ4v) is 4.86. The van der Waals surface area contributed by atoms with Crippen LogP contribution in [0, 0.1) is 22.0 Å². The topological polar surface area (TPSA) is 151 Å². The number of aliphatic hydroxyl groups excluding tert-OH is 3. The van der Waals surface area contributed by atoms with Gasteiger partial charge < -0.3 is 30.2 Å². The first kappa shape index (κ1) is 32.1. The number of hydrogen-bond acceptors (Lipinski definition) is 8. The summed E-state index contributed by atoms with van der Waals surface area (Å²) in [5.74, 6) is 0.00297. The fraction of sp³-hybridized carbons (Fsp3) is 0.433. The van der Waals surface area contributed by atoms with Crippen LogP contribution in [0.3, 0.4) is 0 Å². The van der Waals surface area contributed by atoms with E-state index < -0.39 is 23.4 Å². The molecule has 0 radical (unpaired) electrons. The summed E-state index contributed by atoms with van der Waals surface area (Å²) >= 11 is 5.94. The lowest BCUT2D eigenvalue weighted by Gasteiger charge is -2.19. The van der Waals surface area contributed by atoms with Gasteiger partial charge in [-0.2, -0.15) is 0 Å². The molecule has 1 fully saturated rings. The molecular weight excluding hydrogens is 552 g/mol. The zero-order chi connectivity index (χ0) is 29.6. The van der Waals surface area contributed by atoms with Crippen molar-refractivity contribution >= 4 is 17.5 Å². The van der Waals surface area contributed by atoms with E-state index in [9.17, 15) is 30.2 Å². The highest BCUT2D eigenvalue weighted by molar-refractivity contribution is 6.30. The summed E-state index contributed by atoms with van der Waals surface area (Å²) in [4.78, 5) is 26.7. The maximum absolute atomic E-state index is 12.2. The van der Waals surface area contributed by atoms with E-state index in [0.717, 1.165) is 5.56 Å². The number of amides is 1. The Balaban J connectivity index is 1.34. The highest BCUT2D eigenvalue weighted by Crippen LogP contribution is 2.36. The van der Waals surface area contributed by atoms with Crippen molar-refractivity contribution in [3.63, 3.8) is 0 Å². The Kier molecular flexibility index (Phi) is 13.1. The van der Waals surface area contributed by atoms with E-state index in [0.29, 0.717) is 48.6 Å². The predicted octanol–water partition coefficient (Wildman–Crippen LogP) is 4.14. The van der Waals surface area contributed by atoms with Gasteiger partial charge in [0.25, 0.3) is 5.09 Å². The van der Waals surface area contributed by atoms with E-state index >= 15 is 0 Å². The fourth-order valence-electron chi connectivity index (χ4n) is 4.68. The van der Waals surface area contributed by atoms with Crippen molar-refractivity contribution in [2.45, 2.75) is 63.6 Å². The minimum absolute atomic E-state index is 0.0358. The summed E-state index contributed by atoms with van der Waals surface area (Å²) in [6.07, 6.45) is 7.63. The third-order valence-corrected chi connectivity index (χ3v) is 7.12. The van der Waals surface area contributed by atoms with Crippen LogP contribution in [0.25, 0.3) is 0 Å². The van der Waals surface area contributed by atoms with Gasteiger partial charge in [0.1, 0.15) is 25.1 Å². The summed E-state index contributed by atoms with van der Waals surface area (Å²) in [5.41, 5.74) is 1.55. The highest BCUT2D eigenvalue weighted by Gasteiger charge is 2.39. The molecule has 1 amide bonds. The number of aliphatic hydroxyl groups is 3. The number of nitrogens with one attached hydrogen (secondary N) is 1. The third kappa shape index (κ3) is 11.5. The van der Waals surface area contributed by atoms with Crippen LogP contribution in [-0.2, 0) is 22.8 Å². The Morgan fingerprint density at radius 2 is 1.90 bits per heavy atom. The summed E-state index contributed by atoms with van der Waals surface area (Å²) in [7, 11) is 0. The zero-order valence-corrected chi connectivity index (χ0v) is 23.4. The first-order chi connectivity index (χ1) is 19.7. The van der Waals surface area contributed by atoms with Crippen molar-refractivity contribution in [3.05, 3.63) is 99.1 Å². The van der Waals surface area contributed by atoms with Crippen LogP contribution in [0.1, 0.15) is 43.2 Å². The Morgan fingerprint density at radius 1 is 1.15 bits per heavy atom. The molecule has 222 valence electrons. The zero-order valence-electron chi connectivity index (χ0n) is 22.7. The maximum Gasteiger partial charge on any atom is 0.294 e. The number of allylic oxidation sites excluding steroid dienone is 2. The smallest absolute Gasteiger partial charge is 0.294 e. The summed E-state index contributed by atoms with van der Waals surface area (Å²) in [6.45, 7) is 0.284. The number of benzene rings is 2. The molecule has 41 heavy (non-hydrogen) atoms. The van der Waals surface area contributed by atoms with Gasteiger partial charge in [0, 0.05) is 30.3 Å². The van der Waals surface area contributed by atoms with Gasteiger partial charge in [0.05, 0.1) is 12.2 Å². The summed E-state index contributed by atoms with van der Waals surface area (Å²) < 4.78 is 5.55. The molecule has 0 spiro atoms. The summed E-state index contributed by atoms with van der Waals surface area (Å²) in [6, 6.07) is 13.9. The molecule has 1 aliphatic rings. The molecule has 0 heterocycles. The van der Waals surface area contributed by atoms with Gasteiger partial charge in [0.2, 0.25) is 5.91 Å². The molecular formula is C30H37ClN2O8. The second-order valence-corrected chi connectivity index (χ2v) is 10.5. The number of ether oxygens (including phenoxy) is 1. The van der Waals surface area contributed by atoms with Crippen LogP contribution in [0.15, 0.2) is 72.8 Å². The molecule has 11 heteroatoms. The van der Waals surface area contributed by atoms with Crippen LogP contribution >= 0.6 is 11.6 Å². The molecule has 4 N–H and O–H groups in total. The van der Waals surface area contributed by atoms with Gasteiger partial charge in [0.15, 0.2) is 0 Å². The van der Waals surface area contributed by atoms with Gasteiger partial charge in [-0.1, -0.05) is 66.2 Å². The van der Waals surface area contributed by atoms with Crippen molar-refractivity contribution in [1.82, 2.24) is 5.32 Å². The Morgan fingerprint density at radius 3 is 2.63 bits per heavy atom. The third-order valence-electron chi connectivity index (χ3n) is 6.89. The van der Waals surface area contributed by atoms with Crippen molar-refractivity contribution in [2.24, 2.45) is 11.8 Å². The molecule has 1 aliphatic carbocycles. The second kappa shape index (κ2) is 16.7. The minimum Gasteiger partial charge on any atom is -0.491 e. The van der Waals surface area contributed by atoms with Crippen LogP contribution in [0.5, 0.6) is 5.75 Å². The first-order valence-corrected chi connectivity index (χ1v) is 14.0. The lowest BCUT2D eigenvalue weighted by Crippen LogP contribution is -2.22. The van der Waals surface area contributed by atoms with Gasteiger partial charge in [-0.3, -0.25) is 4.79 Å². The molecule has 0 aliphatic heterocycles. The molecule has 10 nitrogen and oxygen atoms in total.